The lowest BCUT2D eigenvalue weighted by atomic mass is 9.95. The average molecular weight is 669 g/mol. The van der Waals surface area contributed by atoms with Crippen LogP contribution >= 0.6 is 0 Å². The monoisotopic (exact) mass is 668 g/mol. The summed E-state index contributed by atoms with van der Waals surface area (Å²) in [5.41, 5.74) is 13.4. The summed E-state index contributed by atoms with van der Waals surface area (Å²) in [6.07, 6.45) is 3.71. The fourth-order valence-corrected chi connectivity index (χ4v) is 6.86. The van der Waals surface area contributed by atoms with Gasteiger partial charge in [0.1, 0.15) is 17.1 Å². The summed E-state index contributed by atoms with van der Waals surface area (Å²) in [4.78, 5) is 15.0. The molecular weight excluding hydrogens is 637 g/mol. The maximum Gasteiger partial charge on any atom is 0.149 e. The van der Waals surface area contributed by atoms with Gasteiger partial charge in [0.2, 0.25) is 0 Å². The third-order valence-electron chi connectivity index (χ3n) is 9.43. The summed E-state index contributed by atoms with van der Waals surface area (Å²) < 4.78 is 2.09. The number of pyridine rings is 2. The number of benzene rings is 6. The number of phenols is 1. The molecule has 0 fully saturated rings. The van der Waals surface area contributed by atoms with Crippen molar-refractivity contribution in [2.24, 2.45) is 0 Å². The maximum absolute atomic E-state index is 11.0. The number of aromatic nitrogens is 4. The van der Waals surface area contributed by atoms with Gasteiger partial charge < -0.3 is 5.11 Å². The van der Waals surface area contributed by atoms with Gasteiger partial charge in [-0.2, -0.15) is 0 Å². The number of aromatic hydroxyl groups is 1. The molecule has 0 unspecified atom stereocenters. The van der Waals surface area contributed by atoms with E-state index in [4.69, 9.17) is 15.0 Å². The Labute approximate surface area is 301 Å². The Morgan fingerprint density at radius 1 is 0.423 bits per heavy atom. The Hall–Kier alpha value is -7.11. The van der Waals surface area contributed by atoms with Gasteiger partial charge in [-0.15, -0.1) is 0 Å². The molecule has 0 aliphatic heterocycles. The minimum atomic E-state index is 0.165. The summed E-state index contributed by atoms with van der Waals surface area (Å²) >= 11 is 0. The zero-order chi connectivity index (χ0) is 34.9. The largest absolute Gasteiger partial charge is 0.507 e. The van der Waals surface area contributed by atoms with Gasteiger partial charge in [0.15, 0.2) is 0 Å². The lowest BCUT2D eigenvalue weighted by molar-refractivity contribution is 0.477. The van der Waals surface area contributed by atoms with Crippen molar-refractivity contribution in [2.75, 3.05) is 0 Å². The lowest BCUT2D eigenvalue weighted by Gasteiger charge is -2.12. The van der Waals surface area contributed by atoms with Crippen molar-refractivity contribution in [3.05, 3.63) is 188 Å². The van der Waals surface area contributed by atoms with Crippen LogP contribution in [0.1, 0.15) is 0 Å². The lowest BCUT2D eigenvalue weighted by Crippen LogP contribution is -1.97. The summed E-state index contributed by atoms with van der Waals surface area (Å²) in [6, 6.07) is 59.6. The molecular formula is C47H32N4O. The van der Waals surface area contributed by atoms with E-state index in [0.29, 0.717) is 11.4 Å². The van der Waals surface area contributed by atoms with Gasteiger partial charge >= 0.3 is 0 Å². The third kappa shape index (κ3) is 5.80. The number of imidazole rings is 1. The minimum Gasteiger partial charge on any atom is -0.507 e. The van der Waals surface area contributed by atoms with Gasteiger partial charge in [-0.25, -0.2) is 4.98 Å². The molecule has 5 heteroatoms. The molecule has 0 radical (unpaired) electrons. The van der Waals surface area contributed by atoms with Crippen molar-refractivity contribution in [1.82, 2.24) is 19.5 Å². The Morgan fingerprint density at radius 2 is 0.981 bits per heavy atom. The van der Waals surface area contributed by atoms with E-state index >= 15 is 0 Å². The number of hydrogen-bond donors (Lipinski definition) is 1. The second kappa shape index (κ2) is 13.3. The first kappa shape index (κ1) is 30.9. The predicted molar refractivity (Wildman–Crippen MR) is 211 cm³/mol. The normalized spacial score (nSPS) is 11.2. The molecule has 0 saturated carbocycles. The van der Waals surface area contributed by atoms with E-state index in [-0.39, 0.29) is 5.75 Å². The Morgan fingerprint density at radius 3 is 1.69 bits per heavy atom. The molecule has 3 aromatic heterocycles. The number of hydrogen-bond acceptors (Lipinski definition) is 4. The van der Waals surface area contributed by atoms with Crippen molar-refractivity contribution < 1.29 is 5.11 Å². The molecule has 0 saturated heterocycles. The van der Waals surface area contributed by atoms with Crippen molar-refractivity contribution >= 4 is 11.0 Å². The van der Waals surface area contributed by atoms with E-state index < -0.39 is 0 Å². The number of phenolic OH excluding ortho intramolecular Hbond substituents is 1. The zero-order valence-corrected chi connectivity index (χ0v) is 28.1. The maximum atomic E-state index is 11.0. The van der Waals surface area contributed by atoms with E-state index in [9.17, 15) is 5.11 Å². The molecule has 0 atom stereocenters. The quantitative estimate of drug-likeness (QED) is 0.184. The van der Waals surface area contributed by atoms with Crippen molar-refractivity contribution in [3.63, 3.8) is 0 Å². The van der Waals surface area contributed by atoms with Crippen molar-refractivity contribution in [1.29, 1.82) is 0 Å². The van der Waals surface area contributed by atoms with Crippen LogP contribution in [0.5, 0.6) is 5.75 Å². The summed E-state index contributed by atoms with van der Waals surface area (Å²) in [5.74, 6) is 0.805. The Balaban J connectivity index is 1.21. The number of nitrogens with zero attached hydrogens (tertiary/aromatic N) is 4. The van der Waals surface area contributed by atoms with Crippen LogP contribution in [-0.4, -0.2) is 24.6 Å². The van der Waals surface area contributed by atoms with Crippen LogP contribution < -0.4 is 0 Å². The molecule has 0 amide bonds. The SMILES string of the molecule is Oc1ccccc1-c1nc2c(-c3cc(-c4ccccc4)cc(-c4cc(-c5ccc(-c6ccccc6)cc5)ccn4)c3)nccc2n1-c1ccccc1. The molecule has 1 N–H and O–H groups in total. The molecule has 52 heavy (non-hydrogen) atoms. The van der Waals surface area contributed by atoms with Gasteiger partial charge in [-0.05, 0) is 94.0 Å². The number of rotatable bonds is 7. The second-order valence-electron chi connectivity index (χ2n) is 12.7. The van der Waals surface area contributed by atoms with Gasteiger partial charge in [-0.3, -0.25) is 14.5 Å². The first-order chi connectivity index (χ1) is 25.7. The fraction of sp³-hybridized carbons (Fsp3) is 0. The standard InChI is InChI=1S/C47H32N4O/c52-44-19-11-10-18-41(44)47-50-46-43(51(47)40-16-8-3-9-17-40)25-27-49-45(46)39-29-37(33-14-6-2-7-15-33)28-38(30-39)42-31-36(24-26-48-42)35-22-20-34(21-23-35)32-12-4-1-5-13-32/h1-31,52H. The molecule has 0 aliphatic rings. The molecule has 3 heterocycles. The highest BCUT2D eigenvalue weighted by molar-refractivity contribution is 5.95. The van der Waals surface area contributed by atoms with E-state index in [1.165, 1.54) is 11.1 Å². The number of para-hydroxylation sites is 2. The molecule has 9 aromatic rings. The van der Waals surface area contributed by atoms with E-state index in [1.807, 2.05) is 79.1 Å². The van der Waals surface area contributed by atoms with Crippen molar-refractivity contribution in [3.8, 4) is 78.7 Å². The summed E-state index contributed by atoms with van der Waals surface area (Å²) in [5, 5.41) is 11.0. The van der Waals surface area contributed by atoms with Gasteiger partial charge in [0.05, 0.1) is 22.5 Å². The second-order valence-corrected chi connectivity index (χ2v) is 12.7. The summed E-state index contributed by atoms with van der Waals surface area (Å²) in [7, 11) is 0. The highest BCUT2D eigenvalue weighted by Crippen LogP contribution is 2.39. The Kier molecular flexibility index (Phi) is 7.91. The number of fused-ring (bicyclic) bond motifs is 1. The van der Waals surface area contributed by atoms with Crippen LogP contribution in [0.2, 0.25) is 0 Å². The van der Waals surface area contributed by atoms with Gasteiger partial charge in [0.25, 0.3) is 0 Å². The smallest absolute Gasteiger partial charge is 0.149 e. The molecule has 5 nitrogen and oxygen atoms in total. The average Bonchev–Trinajstić information content (AvgIpc) is 3.62. The van der Waals surface area contributed by atoms with Gasteiger partial charge in [-0.1, -0.05) is 115 Å². The summed E-state index contributed by atoms with van der Waals surface area (Å²) in [6.45, 7) is 0. The van der Waals surface area contributed by atoms with Crippen LogP contribution in [0.15, 0.2) is 188 Å². The topological polar surface area (TPSA) is 63.8 Å². The first-order valence-corrected chi connectivity index (χ1v) is 17.2. The zero-order valence-electron chi connectivity index (χ0n) is 28.1. The van der Waals surface area contributed by atoms with E-state index in [1.54, 1.807) is 6.07 Å². The van der Waals surface area contributed by atoms with Crippen LogP contribution in [-0.2, 0) is 0 Å². The highest BCUT2D eigenvalue weighted by Gasteiger charge is 2.21. The molecule has 0 aliphatic carbocycles. The fourth-order valence-electron chi connectivity index (χ4n) is 6.86. The Bertz CT molecular complexity index is 2670. The van der Waals surface area contributed by atoms with Crippen LogP contribution in [0.4, 0.5) is 0 Å². The minimum absolute atomic E-state index is 0.165. The van der Waals surface area contributed by atoms with E-state index in [2.05, 4.69) is 108 Å². The van der Waals surface area contributed by atoms with Gasteiger partial charge in [0, 0.05) is 29.2 Å². The predicted octanol–water partition coefficient (Wildman–Crippen LogP) is 11.5. The van der Waals surface area contributed by atoms with E-state index in [0.717, 1.165) is 61.5 Å². The van der Waals surface area contributed by atoms with Crippen LogP contribution in [0.25, 0.3) is 84.0 Å². The van der Waals surface area contributed by atoms with Crippen molar-refractivity contribution in [2.45, 2.75) is 0 Å². The molecule has 246 valence electrons. The van der Waals surface area contributed by atoms with Crippen LogP contribution in [0, 0.1) is 0 Å². The molecule has 6 aromatic carbocycles. The third-order valence-corrected chi connectivity index (χ3v) is 9.43. The first-order valence-electron chi connectivity index (χ1n) is 17.2. The molecule has 0 bridgehead atoms. The highest BCUT2D eigenvalue weighted by atomic mass is 16.3. The molecule has 0 spiro atoms. The molecule has 9 rings (SSSR count). The van der Waals surface area contributed by atoms with Crippen LogP contribution in [0.3, 0.4) is 0 Å².